The van der Waals surface area contributed by atoms with Gasteiger partial charge < -0.3 is 25.1 Å². The van der Waals surface area contributed by atoms with Crippen molar-refractivity contribution >= 4 is 31.8 Å². The van der Waals surface area contributed by atoms with Gasteiger partial charge in [-0.1, -0.05) is 104 Å². The molecule has 12 heteroatoms. The maximum Gasteiger partial charge on any atom is 0.320 e. The molecule has 0 saturated carbocycles. The van der Waals surface area contributed by atoms with E-state index in [1.165, 1.54) is 0 Å². The SMILES string of the molecule is Cc1ccc(N=C(C=C(N)C(C)(C)C)NC(=O)N[C@H]2CC[C@@H](Oc3ccc(=N)n(C(=N)N4CC[C@@H](O[Si](C(C)C)(C(C)C)C(C)C)C4)c3)c3ccccc32)cc1. The Kier molecular flexibility index (Phi) is 13.4. The number of hydrogen-bond donors (Lipinski definition) is 5. The highest BCUT2D eigenvalue weighted by atomic mass is 28.4. The average Bonchev–Trinajstić information content (AvgIpc) is 3.60. The highest BCUT2D eigenvalue weighted by Gasteiger charge is 2.47. The number of carbonyl (C=O) groups excluding carboxylic acids is 1. The lowest BCUT2D eigenvalue weighted by Crippen LogP contribution is -2.51. The zero-order valence-corrected chi connectivity index (χ0v) is 36.1. The normalized spacial score (nSPS) is 19.4. The number of likely N-dealkylation sites (tertiary alicyclic amines) is 1. The van der Waals surface area contributed by atoms with E-state index in [0.29, 0.717) is 65.5 Å². The molecule has 0 bridgehead atoms. The maximum absolute atomic E-state index is 13.5. The van der Waals surface area contributed by atoms with Crippen molar-refractivity contribution in [3.63, 3.8) is 0 Å². The van der Waals surface area contributed by atoms with Gasteiger partial charge in [-0.3, -0.25) is 20.7 Å². The predicted octanol–water partition coefficient (Wildman–Crippen LogP) is 9.20. The van der Waals surface area contributed by atoms with Crippen LogP contribution in [0.4, 0.5) is 10.5 Å². The number of carbonyl (C=O) groups is 1. The number of benzene rings is 2. The highest BCUT2D eigenvalue weighted by molar-refractivity contribution is 6.77. The summed E-state index contributed by atoms with van der Waals surface area (Å²) in [5.74, 6) is 1.18. The first-order chi connectivity index (χ1) is 26.4. The first-order valence-electron chi connectivity index (χ1n) is 20.1. The number of fused-ring (bicyclic) bond motifs is 1. The van der Waals surface area contributed by atoms with Crippen LogP contribution in [-0.2, 0) is 4.43 Å². The van der Waals surface area contributed by atoms with Gasteiger partial charge in [0.05, 0.1) is 24.0 Å². The quantitative estimate of drug-likeness (QED) is 0.0789. The third-order valence-corrected chi connectivity index (χ3v) is 17.5. The molecule has 0 spiro atoms. The molecule has 1 aliphatic heterocycles. The zero-order chi connectivity index (χ0) is 40.9. The molecule has 1 fully saturated rings. The Morgan fingerprint density at radius 1 is 0.946 bits per heavy atom. The summed E-state index contributed by atoms with van der Waals surface area (Å²) in [4.78, 5) is 20.3. The second kappa shape index (κ2) is 17.6. The van der Waals surface area contributed by atoms with Gasteiger partial charge in [0.2, 0.25) is 14.3 Å². The largest absolute Gasteiger partial charge is 0.484 e. The highest BCUT2D eigenvalue weighted by Crippen LogP contribution is 2.44. The number of amides is 2. The fourth-order valence-electron chi connectivity index (χ4n) is 8.31. The molecule has 2 heterocycles. The molecule has 1 saturated heterocycles. The number of nitrogens with two attached hydrogens (primary N) is 1. The van der Waals surface area contributed by atoms with E-state index >= 15 is 0 Å². The molecule has 3 atom stereocenters. The van der Waals surface area contributed by atoms with Crippen molar-refractivity contribution in [2.45, 2.75) is 123 Å². The van der Waals surface area contributed by atoms with E-state index in [-0.39, 0.29) is 41.1 Å². The summed E-state index contributed by atoms with van der Waals surface area (Å²) < 4.78 is 15.3. The second-order valence-corrected chi connectivity index (χ2v) is 22.8. The number of nitrogens with zero attached hydrogens (tertiary/aromatic N) is 3. The van der Waals surface area contributed by atoms with Crippen molar-refractivity contribution in [3.05, 3.63) is 101 Å². The minimum absolute atomic E-state index is 0.0657. The second-order valence-electron chi connectivity index (χ2n) is 17.4. The van der Waals surface area contributed by atoms with E-state index in [2.05, 4.69) is 52.2 Å². The molecule has 2 aliphatic rings. The molecule has 2 amide bonds. The van der Waals surface area contributed by atoms with Gasteiger partial charge in [-0.05, 0) is 78.2 Å². The van der Waals surface area contributed by atoms with Gasteiger partial charge >= 0.3 is 6.03 Å². The Hall–Kier alpha value is -4.68. The van der Waals surface area contributed by atoms with Gasteiger partial charge in [-0.15, -0.1) is 0 Å². The van der Waals surface area contributed by atoms with E-state index < -0.39 is 8.32 Å². The number of amidine groups is 1. The van der Waals surface area contributed by atoms with Crippen LogP contribution in [-0.4, -0.2) is 54.8 Å². The molecule has 0 radical (unpaired) electrons. The summed E-state index contributed by atoms with van der Waals surface area (Å²) in [5.41, 5.74) is 12.2. The molecule has 11 nitrogen and oxygen atoms in total. The van der Waals surface area contributed by atoms with Crippen molar-refractivity contribution in [1.29, 1.82) is 10.8 Å². The molecule has 2 aromatic carbocycles. The third kappa shape index (κ3) is 9.81. The predicted molar refractivity (Wildman–Crippen MR) is 229 cm³/mol. The number of aliphatic imine (C=N–C) groups is 1. The fraction of sp³-hybridized carbons (Fsp3) is 0.500. The maximum atomic E-state index is 13.5. The standard InChI is InChI=1S/C44H64N8O3Si/c1-28(2)56(29(3)4,30(5)6)55-34-23-24-51(26-34)42(47)52-27-33(19-22-40(52)46)54-38-21-20-37(35-13-11-12-14-36(35)38)49-43(53)50-41(25-39(45)44(8,9)10)48-32-17-15-31(7)16-18-32/h11-19,22,25,27-30,34,37-38,46-47H,20-21,23-24,26,45H2,1-10H3,(H2,48,49,50,53)/t34-,37+,38-/m1/s1. The summed E-state index contributed by atoms with van der Waals surface area (Å²) in [7, 11) is -2.06. The molecule has 1 aromatic heterocycles. The van der Waals surface area contributed by atoms with Crippen LogP contribution < -0.4 is 26.6 Å². The number of allylic oxidation sites excluding steroid dienone is 1. The van der Waals surface area contributed by atoms with Crippen LogP contribution in [0.1, 0.15) is 110 Å². The molecular weight excluding hydrogens is 717 g/mol. The van der Waals surface area contributed by atoms with E-state index in [0.717, 1.165) is 23.1 Å². The van der Waals surface area contributed by atoms with Gasteiger partial charge in [-0.2, -0.15) is 0 Å². The Labute approximate surface area is 334 Å². The Bertz CT molecular complexity index is 1960. The number of aromatic nitrogens is 1. The molecule has 6 N–H and O–H groups in total. The first-order valence-corrected chi connectivity index (χ1v) is 22.3. The number of hydrogen-bond acceptors (Lipinski definition) is 7. The molecule has 0 unspecified atom stereocenters. The summed E-state index contributed by atoms with van der Waals surface area (Å²) >= 11 is 0. The first kappa shape index (κ1) is 42.5. The summed E-state index contributed by atoms with van der Waals surface area (Å²) in [6, 6.07) is 18.6. The molecule has 5 rings (SSSR count). The van der Waals surface area contributed by atoms with Crippen molar-refractivity contribution in [2.75, 3.05) is 13.1 Å². The van der Waals surface area contributed by atoms with Crippen molar-refractivity contribution in [3.8, 4) is 5.75 Å². The number of aryl methyl sites for hydroxylation is 1. The Morgan fingerprint density at radius 3 is 2.21 bits per heavy atom. The van der Waals surface area contributed by atoms with Gasteiger partial charge in [0.15, 0.2) is 0 Å². The molecule has 302 valence electrons. The average molecular weight is 781 g/mol. The van der Waals surface area contributed by atoms with E-state index in [4.69, 9.17) is 30.7 Å². The number of urea groups is 1. The molecular formula is C44H64N8O3Si. The van der Waals surface area contributed by atoms with Crippen molar-refractivity contribution in [1.82, 2.24) is 20.1 Å². The molecule has 1 aliphatic carbocycles. The van der Waals surface area contributed by atoms with Crippen LogP contribution in [0.15, 0.2) is 83.6 Å². The fourth-order valence-corrected chi connectivity index (χ4v) is 13.9. The van der Waals surface area contributed by atoms with Crippen LogP contribution in [0.2, 0.25) is 16.6 Å². The van der Waals surface area contributed by atoms with Gasteiger partial charge in [0.1, 0.15) is 23.2 Å². The lowest BCUT2D eigenvalue weighted by Gasteiger charge is -2.44. The minimum atomic E-state index is -2.06. The van der Waals surface area contributed by atoms with Crippen molar-refractivity contribution in [2.24, 2.45) is 16.1 Å². The monoisotopic (exact) mass is 780 g/mol. The van der Waals surface area contributed by atoms with Crippen LogP contribution in [0.5, 0.6) is 5.75 Å². The van der Waals surface area contributed by atoms with Crippen LogP contribution in [0.3, 0.4) is 0 Å². The Balaban J connectivity index is 1.28. The lowest BCUT2D eigenvalue weighted by atomic mass is 9.85. The number of pyridine rings is 1. The van der Waals surface area contributed by atoms with Crippen LogP contribution in [0, 0.1) is 23.2 Å². The smallest absolute Gasteiger partial charge is 0.320 e. The number of rotatable bonds is 10. The van der Waals surface area contributed by atoms with Gasteiger partial charge in [0, 0.05) is 30.3 Å². The number of nitrogens with one attached hydrogen (secondary N) is 4. The lowest BCUT2D eigenvalue weighted by molar-refractivity contribution is 0.170. The molecule has 56 heavy (non-hydrogen) atoms. The van der Waals surface area contributed by atoms with E-state index in [9.17, 15) is 4.79 Å². The summed E-state index contributed by atoms with van der Waals surface area (Å²) in [6.45, 7) is 23.2. The van der Waals surface area contributed by atoms with Crippen LogP contribution in [0.25, 0.3) is 0 Å². The van der Waals surface area contributed by atoms with Crippen molar-refractivity contribution < 1.29 is 14.0 Å². The van der Waals surface area contributed by atoms with Gasteiger partial charge in [0.25, 0.3) is 0 Å². The Morgan fingerprint density at radius 2 is 1.59 bits per heavy atom. The number of ether oxygens (including phenoxy) is 1. The summed E-state index contributed by atoms with van der Waals surface area (Å²) in [6.07, 6.45) is 5.43. The minimum Gasteiger partial charge on any atom is -0.484 e. The third-order valence-electron chi connectivity index (χ3n) is 11.4. The van der Waals surface area contributed by atoms with E-state index in [1.807, 2.05) is 81.1 Å². The van der Waals surface area contributed by atoms with Crippen LogP contribution >= 0.6 is 0 Å². The summed E-state index contributed by atoms with van der Waals surface area (Å²) in [5, 5.41) is 24.0. The topological polar surface area (TPSA) is 154 Å². The molecule has 3 aromatic rings. The zero-order valence-electron chi connectivity index (χ0n) is 35.1. The van der Waals surface area contributed by atoms with Gasteiger partial charge in [-0.25, -0.2) is 9.79 Å². The van der Waals surface area contributed by atoms with E-state index in [1.54, 1.807) is 29.0 Å².